The van der Waals surface area contributed by atoms with E-state index in [0.29, 0.717) is 0 Å². The topological polar surface area (TPSA) is 89.9 Å². The Morgan fingerprint density at radius 2 is 1.90 bits per heavy atom. The zero-order chi connectivity index (χ0) is 15.2. The second kappa shape index (κ2) is 5.24. The smallest absolute Gasteiger partial charge is 0.243 e. The van der Waals surface area contributed by atoms with Crippen LogP contribution in [-0.4, -0.2) is 54.8 Å². The van der Waals surface area contributed by atoms with Crippen LogP contribution in [0.2, 0.25) is 0 Å². The zero-order valence-electron chi connectivity index (χ0n) is 11.9. The van der Waals surface area contributed by atoms with Crippen molar-refractivity contribution >= 4 is 15.7 Å². The van der Waals surface area contributed by atoms with Gasteiger partial charge in [0.25, 0.3) is 0 Å². The minimum atomic E-state index is -3.69. The number of nitrogens with one attached hydrogen (secondary N) is 1. The third kappa shape index (κ3) is 2.44. The molecule has 0 bridgehead atoms. The Kier molecular flexibility index (Phi) is 3.69. The number of nitrogens with zero attached hydrogens (tertiary/aromatic N) is 1. The maximum Gasteiger partial charge on any atom is 0.243 e. The van der Waals surface area contributed by atoms with E-state index in [1.54, 1.807) is 12.1 Å². The summed E-state index contributed by atoms with van der Waals surface area (Å²) in [4.78, 5) is 0.289. The Morgan fingerprint density at radius 3 is 2.57 bits per heavy atom. The van der Waals surface area contributed by atoms with Gasteiger partial charge >= 0.3 is 0 Å². The second-order valence-corrected chi connectivity index (χ2v) is 7.63. The van der Waals surface area contributed by atoms with Crippen molar-refractivity contribution in [2.45, 2.75) is 36.9 Å². The van der Waals surface area contributed by atoms with E-state index in [1.807, 2.05) is 6.92 Å². The largest absolute Gasteiger partial charge is 0.389 e. The molecular weight excluding hydrogens is 292 g/mol. The fourth-order valence-electron chi connectivity index (χ4n) is 3.03. The van der Waals surface area contributed by atoms with Gasteiger partial charge in [-0.1, -0.05) is 6.07 Å². The summed E-state index contributed by atoms with van der Waals surface area (Å²) in [7, 11) is -3.69. The molecule has 1 fully saturated rings. The van der Waals surface area contributed by atoms with Crippen LogP contribution in [0.1, 0.15) is 17.5 Å². The van der Waals surface area contributed by atoms with Crippen molar-refractivity contribution in [3.8, 4) is 0 Å². The fraction of sp³-hybridized carbons (Fsp3) is 0.571. The van der Waals surface area contributed by atoms with Crippen LogP contribution < -0.4 is 5.32 Å². The highest BCUT2D eigenvalue weighted by Gasteiger charge is 2.39. The first kappa shape index (κ1) is 14.8. The van der Waals surface area contributed by atoms with E-state index in [2.05, 4.69) is 5.32 Å². The summed E-state index contributed by atoms with van der Waals surface area (Å²) in [5.74, 6) is 0. The number of benzene rings is 1. The molecule has 2 atom stereocenters. The summed E-state index contributed by atoms with van der Waals surface area (Å²) in [5, 5.41) is 22.5. The van der Waals surface area contributed by atoms with Crippen LogP contribution in [0.4, 0.5) is 5.69 Å². The van der Waals surface area contributed by atoms with E-state index >= 15 is 0 Å². The van der Waals surface area contributed by atoms with Crippen molar-refractivity contribution in [3.63, 3.8) is 0 Å². The number of aliphatic hydroxyl groups is 2. The quantitative estimate of drug-likeness (QED) is 0.719. The number of β-amino-alcohol motifs (C(OH)–C–C–N with tert-alkyl or cyclic N) is 2. The Bertz CT molecular complexity index is 649. The van der Waals surface area contributed by atoms with Gasteiger partial charge in [0.05, 0.1) is 17.1 Å². The Balaban J connectivity index is 2.04. The summed E-state index contributed by atoms with van der Waals surface area (Å²) in [6.45, 7) is 2.69. The lowest BCUT2D eigenvalue weighted by atomic mass is 10.00. The summed E-state index contributed by atoms with van der Waals surface area (Å²) in [6, 6.07) is 3.43. The van der Waals surface area contributed by atoms with Gasteiger partial charge in [0.15, 0.2) is 0 Å². The maximum atomic E-state index is 12.8. The van der Waals surface area contributed by atoms with Gasteiger partial charge in [-0.25, -0.2) is 8.42 Å². The molecule has 7 heteroatoms. The number of aryl methyl sites for hydroxylation is 1. The number of fused-ring (bicyclic) bond motifs is 1. The molecule has 0 aromatic heterocycles. The van der Waals surface area contributed by atoms with Crippen LogP contribution in [0.15, 0.2) is 17.0 Å². The molecule has 1 aromatic carbocycles. The highest BCUT2D eigenvalue weighted by atomic mass is 32.2. The van der Waals surface area contributed by atoms with E-state index in [4.69, 9.17) is 0 Å². The number of hydrogen-bond donors (Lipinski definition) is 3. The Labute approximate surface area is 124 Å². The lowest BCUT2D eigenvalue weighted by Gasteiger charge is -2.25. The first-order chi connectivity index (χ1) is 9.91. The average Bonchev–Trinajstić information content (AvgIpc) is 2.80. The molecular formula is C14H20N2O4S. The predicted octanol–water partition coefficient (Wildman–Crippen LogP) is 0.0792. The molecule has 116 valence electrons. The molecule has 6 nitrogen and oxygen atoms in total. The van der Waals surface area contributed by atoms with Crippen molar-refractivity contribution in [2.24, 2.45) is 0 Å². The summed E-state index contributed by atoms with van der Waals surface area (Å²) < 4.78 is 26.7. The molecule has 2 unspecified atom stereocenters. The minimum Gasteiger partial charge on any atom is -0.389 e. The molecule has 0 spiro atoms. The standard InChI is InChI=1S/C14H20N2O4S/c1-9-4-5-13(10-3-2-6-15-14(9)10)21(19,20)16-7-11(17)12(18)8-16/h4-5,11-12,15,17-18H,2-3,6-8H2,1H3. The lowest BCUT2D eigenvalue weighted by molar-refractivity contribution is 0.0572. The first-order valence-electron chi connectivity index (χ1n) is 7.14. The molecule has 1 saturated heterocycles. The monoisotopic (exact) mass is 312 g/mol. The van der Waals surface area contributed by atoms with Crippen LogP contribution in [0.25, 0.3) is 0 Å². The molecule has 0 aliphatic carbocycles. The fourth-order valence-corrected chi connectivity index (χ4v) is 4.76. The molecule has 1 aromatic rings. The number of sulfonamides is 1. The molecule has 2 aliphatic heterocycles. The zero-order valence-corrected chi connectivity index (χ0v) is 12.7. The first-order valence-corrected chi connectivity index (χ1v) is 8.58. The number of aliphatic hydroxyl groups excluding tert-OH is 2. The summed E-state index contributed by atoms with van der Waals surface area (Å²) in [5.41, 5.74) is 2.75. The average molecular weight is 312 g/mol. The van der Waals surface area contributed by atoms with Crippen molar-refractivity contribution in [2.75, 3.05) is 25.0 Å². The van der Waals surface area contributed by atoms with Crippen LogP contribution >= 0.6 is 0 Å². The van der Waals surface area contributed by atoms with E-state index in [0.717, 1.165) is 36.2 Å². The second-order valence-electron chi connectivity index (χ2n) is 5.72. The van der Waals surface area contributed by atoms with E-state index < -0.39 is 22.2 Å². The molecule has 3 N–H and O–H groups in total. The van der Waals surface area contributed by atoms with Gasteiger partial charge in [-0.2, -0.15) is 4.31 Å². The van der Waals surface area contributed by atoms with Gasteiger partial charge in [0.2, 0.25) is 10.0 Å². The Morgan fingerprint density at radius 1 is 1.24 bits per heavy atom. The molecule has 21 heavy (non-hydrogen) atoms. The number of anilines is 1. The maximum absolute atomic E-state index is 12.8. The van der Waals surface area contributed by atoms with E-state index in [9.17, 15) is 18.6 Å². The third-order valence-corrected chi connectivity index (χ3v) is 6.14. The number of hydrogen-bond acceptors (Lipinski definition) is 5. The van der Waals surface area contributed by atoms with Gasteiger partial charge in [0, 0.05) is 25.3 Å². The predicted molar refractivity (Wildman–Crippen MR) is 78.8 cm³/mol. The van der Waals surface area contributed by atoms with Crippen molar-refractivity contribution in [3.05, 3.63) is 23.3 Å². The van der Waals surface area contributed by atoms with Gasteiger partial charge in [-0.05, 0) is 37.0 Å². The minimum absolute atomic E-state index is 0.0560. The summed E-state index contributed by atoms with van der Waals surface area (Å²) in [6.07, 6.45) is -0.416. The van der Waals surface area contributed by atoms with E-state index in [-0.39, 0.29) is 18.0 Å². The van der Waals surface area contributed by atoms with Crippen LogP contribution in [-0.2, 0) is 16.4 Å². The SMILES string of the molecule is Cc1ccc(S(=O)(=O)N2CC(O)C(O)C2)c2c1NCCC2. The highest BCUT2D eigenvalue weighted by molar-refractivity contribution is 7.89. The van der Waals surface area contributed by atoms with Crippen molar-refractivity contribution < 1.29 is 18.6 Å². The van der Waals surface area contributed by atoms with Crippen LogP contribution in [0.5, 0.6) is 0 Å². The molecule has 0 radical (unpaired) electrons. The lowest BCUT2D eigenvalue weighted by Crippen LogP contribution is -2.31. The molecule has 2 aliphatic rings. The van der Waals surface area contributed by atoms with Gasteiger partial charge in [-0.3, -0.25) is 0 Å². The normalized spacial score (nSPS) is 26.4. The van der Waals surface area contributed by atoms with Crippen LogP contribution in [0.3, 0.4) is 0 Å². The molecule has 0 amide bonds. The third-order valence-electron chi connectivity index (χ3n) is 4.23. The molecule has 2 heterocycles. The summed E-state index contributed by atoms with van der Waals surface area (Å²) >= 11 is 0. The van der Waals surface area contributed by atoms with Gasteiger partial charge in [0.1, 0.15) is 0 Å². The molecule has 0 saturated carbocycles. The van der Waals surface area contributed by atoms with Crippen molar-refractivity contribution in [1.82, 2.24) is 4.31 Å². The van der Waals surface area contributed by atoms with Gasteiger partial charge in [-0.15, -0.1) is 0 Å². The van der Waals surface area contributed by atoms with E-state index in [1.165, 1.54) is 4.31 Å². The van der Waals surface area contributed by atoms with Crippen molar-refractivity contribution in [1.29, 1.82) is 0 Å². The highest BCUT2D eigenvalue weighted by Crippen LogP contribution is 2.33. The Hall–Kier alpha value is -1.15. The molecule has 3 rings (SSSR count). The van der Waals surface area contributed by atoms with Crippen LogP contribution in [0, 0.1) is 6.92 Å². The van der Waals surface area contributed by atoms with Gasteiger partial charge < -0.3 is 15.5 Å². The number of rotatable bonds is 2.